The molecule has 0 spiro atoms. The normalized spacial score (nSPS) is 11.2. The Morgan fingerprint density at radius 1 is 1.50 bits per heavy atom. The molecule has 0 saturated carbocycles. The third-order valence-corrected chi connectivity index (χ3v) is 3.08. The average molecular weight is 235 g/mol. The van der Waals surface area contributed by atoms with Crippen molar-refractivity contribution >= 4 is 11.3 Å². The highest BCUT2D eigenvalue weighted by molar-refractivity contribution is 7.08. The van der Waals surface area contributed by atoms with E-state index in [1.807, 2.05) is 6.20 Å². The first-order valence-corrected chi connectivity index (χ1v) is 6.47. The molecule has 0 aliphatic carbocycles. The molecule has 3 nitrogen and oxygen atoms in total. The fourth-order valence-electron chi connectivity index (χ4n) is 1.60. The fourth-order valence-corrected chi connectivity index (χ4v) is 2.24. The molecule has 2 rings (SSSR count). The highest BCUT2D eigenvalue weighted by Gasteiger charge is 2.07. The summed E-state index contributed by atoms with van der Waals surface area (Å²) >= 11 is 1.71. The van der Waals surface area contributed by atoms with Crippen LogP contribution in [0.1, 0.15) is 19.4 Å². The van der Waals surface area contributed by atoms with Gasteiger partial charge in [0.15, 0.2) is 0 Å². The second-order valence-electron chi connectivity index (χ2n) is 4.31. The average Bonchev–Trinajstić information content (AvgIpc) is 2.84. The van der Waals surface area contributed by atoms with Crippen molar-refractivity contribution in [3.05, 3.63) is 28.6 Å². The van der Waals surface area contributed by atoms with E-state index in [1.54, 1.807) is 11.3 Å². The van der Waals surface area contributed by atoms with Gasteiger partial charge in [0, 0.05) is 23.1 Å². The first kappa shape index (κ1) is 11.4. The summed E-state index contributed by atoms with van der Waals surface area (Å²) in [6.45, 7) is 6.33. The Kier molecular flexibility index (Phi) is 3.74. The number of thiophene rings is 1. The highest BCUT2D eigenvalue weighted by atomic mass is 32.1. The lowest BCUT2D eigenvalue weighted by Crippen LogP contribution is -2.18. The molecule has 0 bridgehead atoms. The largest absolute Gasteiger partial charge is 0.312 e. The molecule has 0 radical (unpaired) electrons. The van der Waals surface area contributed by atoms with Gasteiger partial charge in [-0.05, 0) is 23.9 Å². The molecule has 0 amide bonds. The first-order valence-electron chi connectivity index (χ1n) is 5.53. The number of aromatic amines is 1. The van der Waals surface area contributed by atoms with Crippen molar-refractivity contribution in [2.75, 3.05) is 6.54 Å². The van der Waals surface area contributed by atoms with E-state index >= 15 is 0 Å². The summed E-state index contributed by atoms with van der Waals surface area (Å²) in [5.41, 5.74) is 3.60. The first-order chi connectivity index (χ1) is 7.77. The Morgan fingerprint density at radius 2 is 2.38 bits per heavy atom. The maximum Gasteiger partial charge on any atom is 0.0703 e. The molecule has 0 aliphatic heterocycles. The van der Waals surface area contributed by atoms with Crippen LogP contribution in [-0.4, -0.2) is 16.7 Å². The van der Waals surface area contributed by atoms with Crippen LogP contribution in [-0.2, 0) is 6.54 Å². The molecular formula is C12H17N3S. The second-order valence-corrected chi connectivity index (χ2v) is 5.09. The molecule has 2 heterocycles. The van der Waals surface area contributed by atoms with E-state index in [2.05, 4.69) is 46.2 Å². The van der Waals surface area contributed by atoms with Crippen molar-refractivity contribution in [3.63, 3.8) is 0 Å². The Labute approximate surface area is 99.9 Å². The Balaban J connectivity index is 2.03. The zero-order valence-corrected chi connectivity index (χ0v) is 10.5. The number of hydrogen-bond donors (Lipinski definition) is 2. The van der Waals surface area contributed by atoms with Crippen molar-refractivity contribution in [2.24, 2.45) is 5.92 Å². The van der Waals surface area contributed by atoms with E-state index < -0.39 is 0 Å². The molecule has 0 saturated heterocycles. The third-order valence-electron chi connectivity index (χ3n) is 2.40. The van der Waals surface area contributed by atoms with Crippen LogP contribution in [0.4, 0.5) is 0 Å². The highest BCUT2D eigenvalue weighted by Crippen LogP contribution is 2.23. The zero-order chi connectivity index (χ0) is 11.4. The minimum Gasteiger partial charge on any atom is -0.312 e. The SMILES string of the molecule is CC(C)CNCc1cn[nH]c1-c1ccsc1. The monoisotopic (exact) mass is 235 g/mol. The lowest BCUT2D eigenvalue weighted by Gasteiger charge is -2.07. The quantitative estimate of drug-likeness (QED) is 0.836. The number of nitrogens with zero attached hydrogens (tertiary/aromatic N) is 1. The fraction of sp³-hybridized carbons (Fsp3) is 0.417. The summed E-state index contributed by atoms with van der Waals surface area (Å²) in [4.78, 5) is 0. The van der Waals surface area contributed by atoms with Crippen LogP contribution in [0.3, 0.4) is 0 Å². The number of hydrogen-bond acceptors (Lipinski definition) is 3. The van der Waals surface area contributed by atoms with E-state index in [-0.39, 0.29) is 0 Å². The number of aromatic nitrogens is 2. The van der Waals surface area contributed by atoms with Crippen LogP contribution < -0.4 is 5.32 Å². The van der Waals surface area contributed by atoms with Gasteiger partial charge in [0.2, 0.25) is 0 Å². The van der Waals surface area contributed by atoms with Crippen LogP contribution in [0.5, 0.6) is 0 Å². The molecule has 16 heavy (non-hydrogen) atoms. The summed E-state index contributed by atoms with van der Waals surface area (Å²) in [6, 6.07) is 2.12. The predicted molar refractivity (Wildman–Crippen MR) is 68.4 cm³/mol. The van der Waals surface area contributed by atoms with E-state index in [9.17, 15) is 0 Å². The third kappa shape index (κ3) is 2.71. The lowest BCUT2D eigenvalue weighted by molar-refractivity contribution is 0.553. The van der Waals surface area contributed by atoms with E-state index in [4.69, 9.17) is 0 Å². The number of nitrogens with one attached hydrogen (secondary N) is 2. The van der Waals surface area contributed by atoms with Crippen molar-refractivity contribution in [3.8, 4) is 11.3 Å². The van der Waals surface area contributed by atoms with Gasteiger partial charge in [0.05, 0.1) is 11.9 Å². The molecule has 4 heteroatoms. The maximum absolute atomic E-state index is 4.12. The molecule has 2 aromatic heterocycles. The van der Waals surface area contributed by atoms with Crippen molar-refractivity contribution in [1.82, 2.24) is 15.5 Å². The van der Waals surface area contributed by atoms with Crippen LogP contribution in [0.2, 0.25) is 0 Å². The maximum atomic E-state index is 4.12. The van der Waals surface area contributed by atoms with Gasteiger partial charge in [-0.15, -0.1) is 0 Å². The molecular weight excluding hydrogens is 218 g/mol. The number of rotatable bonds is 5. The van der Waals surface area contributed by atoms with E-state index in [0.29, 0.717) is 5.92 Å². The summed E-state index contributed by atoms with van der Waals surface area (Å²) in [5.74, 6) is 0.677. The number of H-pyrrole nitrogens is 1. The van der Waals surface area contributed by atoms with Gasteiger partial charge in [0.25, 0.3) is 0 Å². The van der Waals surface area contributed by atoms with Crippen LogP contribution in [0, 0.1) is 5.92 Å². The Hall–Kier alpha value is -1.13. The summed E-state index contributed by atoms with van der Waals surface area (Å²) in [6.07, 6.45) is 1.90. The molecule has 86 valence electrons. The molecule has 0 fully saturated rings. The van der Waals surface area contributed by atoms with Crippen molar-refractivity contribution in [1.29, 1.82) is 0 Å². The topological polar surface area (TPSA) is 40.7 Å². The van der Waals surface area contributed by atoms with E-state index in [1.165, 1.54) is 11.1 Å². The van der Waals surface area contributed by atoms with Gasteiger partial charge in [-0.2, -0.15) is 16.4 Å². The van der Waals surface area contributed by atoms with Crippen LogP contribution in [0.25, 0.3) is 11.3 Å². The Morgan fingerprint density at radius 3 is 3.06 bits per heavy atom. The van der Waals surface area contributed by atoms with Gasteiger partial charge in [-0.25, -0.2) is 0 Å². The zero-order valence-electron chi connectivity index (χ0n) is 9.66. The minimum atomic E-state index is 0.677. The molecule has 2 N–H and O–H groups in total. The smallest absolute Gasteiger partial charge is 0.0703 e. The van der Waals surface area contributed by atoms with Gasteiger partial charge in [-0.1, -0.05) is 13.8 Å². The summed E-state index contributed by atoms with van der Waals surface area (Å²) in [7, 11) is 0. The molecule has 0 atom stereocenters. The Bertz CT molecular complexity index is 417. The molecule has 0 unspecified atom stereocenters. The van der Waals surface area contributed by atoms with Crippen molar-refractivity contribution in [2.45, 2.75) is 20.4 Å². The molecule has 0 aromatic carbocycles. The molecule has 2 aromatic rings. The van der Waals surface area contributed by atoms with Gasteiger partial charge < -0.3 is 5.32 Å². The standard InChI is InChI=1S/C12H17N3S/c1-9(2)5-13-6-11-7-14-15-12(11)10-3-4-16-8-10/h3-4,7-9,13H,5-6H2,1-2H3,(H,14,15). The second kappa shape index (κ2) is 5.27. The summed E-state index contributed by atoms with van der Waals surface area (Å²) in [5, 5.41) is 14.8. The van der Waals surface area contributed by atoms with Gasteiger partial charge in [0.1, 0.15) is 0 Å². The van der Waals surface area contributed by atoms with Crippen LogP contribution >= 0.6 is 11.3 Å². The summed E-state index contributed by atoms with van der Waals surface area (Å²) < 4.78 is 0. The molecule has 0 aliphatic rings. The van der Waals surface area contributed by atoms with Crippen LogP contribution in [0.15, 0.2) is 23.0 Å². The van der Waals surface area contributed by atoms with E-state index in [0.717, 1.165) is 18.8 Å². The van der Waals surface area contributed by atoms with Gasteiger partial charge in [-0.3, -0.25) is 5.10 Å². The van der Waals surface area contributed by atoms with Gasteiger partial charge >= 0.3 is 0 Å². The predicted octanol–water partition coefficient (Wildman–Crippen LogP) is 2.88. The lowest BCUT2D eigenvalue weighted by atomic mass is 10.1. The van der Waals surface area contributed by atoms with Crippen molar-refractivity contribution < 1.29 is 0 Å². The minimum absolute atomic E-state index is 0.677.